The number of amides is 2. The molecule has 7 nitrogen and oxygen atoms in total. The Morgan fingerprint density at radius 3 is 2.50 bits per heavy atom. The molecule has 0 saturated carbocycles. The van der Waals surface area contributed by atoms with E-state index in [-0.39, 0.29) is 11.7 Å². The molecule has 1 aromatic heterocycles. The molecule has 0 unspecified atom stereocenters. The summed E-state index contributed by atoms with van der Waals surface area (Å²) in [5.74, 6) is -1.27. The van der Waals surface area contributed by atoms with Gasteiger partial charge in [0.05, 0.1) is 17.3 Å². The molecule has 0 spiro atoms. The van der Waals surface area contributed by atoms with Crippen LogP contribution in [0.25, 0.3) is 0 Å². The van der Waals surface area contributed by atoms with Gasteiger partial charge in [-0.25, -0.2) is 4.39 Å². The molecule has 170 valence electrons. The maximum atomic E-state index is 14.5. The topological polar surface area (TPSA) is 95.7 Å². The number of Topliss-reactive ketones (excluding diaryl/α,β-unsaturated/α-hetero) is 1. The van der Waals surface area contributed by atoms with Crippen LogP contribution in [0, 0.1) is 5.82 Å². The normalized spacial score (nSPS) is 17.2. The van der Waals surface area contributed by atoms with Gasteiger partial charge in [0.15, 0.2) is 5.78 Å². The summed E-state index contributed by atoms with van der Waals surface area (Å²) in [5, 5.41) is 3.47. The van der Waals surface area contributed by atoms with Crippen LogP contribution in [0.1, 0.15) is 51.4 Å². The van der Waals surface area contributed by atoms with E-state index in [0.29, 0.717) is 48.0 Å². The molecule has 4 rings (SSSR count). The van der Waals surface area contributed by atoms with Crippen LogP contribution in [-0.2, 0) is 17.6 Å². The molecule has 1 aromatic carbocycles. The average molecular weight is 459 g/mol. The first-order valence-electron chi connectivity index (χ1n) is 10.8. The Hall–Kier alpha value is -2.78. The maximum Gasteiger partial charge on any atom is 0.251 e. The zero-order chi connectivity index (χ0) is 23.0. The molecule has 2 heterocycles. The van der Waals surface area contributed by atoms with Gasteiger partial charge in [-0.2, -0.15) is 0 Å². The first kappa shape index (κ1) is 22.4. The molecule has 9 heteroatoms. The molecule has 1 aliphatic heterocycles. The van der Waals surface area contributed by atoms with Crippen molar-refractivity contribution in [2.75, 3.05) is 36.4 Å². The van der Waals surface area contributed by atoms with Gasteiger partial charge in [-0.05, 0) is 56.9 Å². The van der Waals surface area contributed by atoms with Crippen LogP contribution in [-0.4, -0.2) is 54.7 Å². The van der Waals surface area contributed by atoms with Crippen LogP contribution in [0.2, 0.25) is 0 Å². The Morgan fingerprint density at radius 2 is 1.88 bits per heavy atom. The highest BCUT2D eigenvalue weighted by atomic mass is 32.1. The summed E-state index contributed by atoms with van der Waals surface area (Å²) in [6.45, 7) is 5.55. The summed E-state index contributed by atoms with van der Waals surface area (Å²) in [6.07, 6.45) is 2.74. The number of nitrogens with zero attached hydrogens (tertiary/aromatic N) is 2. The summed E-state index contributed by atoms with van der Waals surface area (Å²) >= 11 is 1.45. The van der Waals surface area contributed by atoms with Crippen LogP contribution >= 0.6 is 11.3 Å². The van der Waals surface area contributed by atoms with Crippen molar-refractivity contribution >= 4 is 39.6 Å². The number of carbonyl (C=O) groups excluding carboxylic acids is 3. The lowest BCUT2D eigenvalue weighted by atomic mass is 10.1. The van der Waals surface area contributed by atoms with Crippen molar-refractivity contribution < 1.29 is 18.8 Å². The molecule has 1 aliphatic carbocycles. The van der Waals surface area contributed by atoms with Crippen LogP contribution in [0.5, 0.6) is 0 Å². The van der Waals surface area contributed by atoms with E-state index in [1.807, 2.05) is 16.7 Å². The third-order valence-electron chi connectivity index (χ3n) is 6.34. The highest BCUT2D eigenvalue weighted by Gasteiger charge is 2.30. The Labute approximate surface area is 190 Å². The molecular weight excluding hydrogens is 431 g/mol. The smallest absolute Gasteiger partial charge is 0.251 e. The first-order valence-corrected chi connectivity index (χ1v) is 11.6. The SMILES string of the molecule is CC(=O)c1ccc(N2CCN([C@H](C)C(=O)Nc3sc4c(c3C(N)=O)CCC4)CC2)c(F)c1. The molecule has 1 atom stereocenters. The summed E-state index contributed by atoms with van der Waals surface area (Å²) < 4.78 is 14.5. The van der Waals surface area contributed by atoms with Gasteiger partial charge in [0.2, 0.25) is 5.91 Å². The quantitative estimate of drug-likeness (QED) is 0.649. The fraction of sp³-hybridized carbons (Fsp3) is 0.435. The minimum atomic E-state index is -0.501. The summed E-state index contributed by atoms with van der Waals surface area (Å²) in [5.41, 5.74) is 7.84. The molecule has 2 aliphatic rings. The number of benzene rings is 1. The molecule has 1 fully saturated rings. The predicted octanol–water partition coefficient (Wildman–Crippen LogP) is 2.83. The third kappa shape index (κ3) is 4.27. The van der Waals surface area contributed by atoms with Gasteiger partial charge >= 0.3 is 0 Å². The molecule has 2 aromatic rings. The number of hydrogen-bond donors (Lipinski definition) is 2. The van der Waals surface area contributed by atoms with E-state index in [1.165, 1.54) is 24.3 Å². The molecule has 1 saturated heterocycles. The van der Waals surface area contributed by atoms with E-state index in [1.54, 1.807) is 12.1 Å². The molecule has 0 radical (unpaired) electrons. The number of nitrogens with two attached hydrogens (primary N) is 1. The standard InChI is InChI=1S/C23H27FN4O3S/c1-13(22(31)26-23-20(21(25)30)16-4-3-5-19(16)32-23)27-8-10-28(11-9-27)18-7-6-15(14(2)29)12-17(18)24/h6-7,12-13H,3-5,8-11H2,1-2H3,(H2,25,30)(H,26,31)/t13-/m1/s1. The molecule has 2 amide bonds. The Morgan fingerprint density at radius 1 is 1.16 bits per heavy atom. The second-order valence-electron chi connectivity index (χ2n) is 8.34. The van der Waals surface area contributed by atoms with Crippen LogP contribution in [0.4, 0.5) is 15.1 Å². The number of carbonyl (C=O) groups is 3. The van der Waals surface area contributed by atoms with Gasteiger partial charge in [-0.3, -0.25) is 19.3 Å². The van der Waals surface area contributed by atoms with Crippen LogP contribution in [0.15, 0.2) is 18.2 Å². The molecule has 32 heavy (non-hydrogen) atoms. The van der Waals surface area contributed by atoms with E-state index in [4.69, 9.17) is 5.73 Å². The lowest BCUT2D eigenvalue weighted by Crippen LogP contribution is -2.53. The maximum absolute atomic E-state index is 14.5. The predicted molar refractivity (Wildman–Crippen MR) is 123 cm³/mol. The van der Waals surface area contributed by atoms with E-state index in [2.05, 4.69) is 5.32 Å². The van der Waals surface area contributed by atoms with Gasteiger partial charge < -0.3 is 16.0 Å². The number of rotatable bonds is 6. The highest BCUT2D eigenvalue weighted by molar-refractivity contribution is 7.17. The Kier molecular flexibility index (Phi) is 6.30. The van der Waals surface area contributed by atoms with Crippen molar-refractivity contribution in [1.29, 1.82) is 0 Å². The largest absolute Gasteiger partial charge is 0.367 e. The van der Waals surface area contributed by atoms with Gasteiger partial charge in [0, 0.05) is 36.6 Å². The summed E-state index contributed by atoms with van der Waals surface area (Å²) in [6, 6.07) is 4.14. The number of ketones is 1. The minimum absolute atomic E-state index is 0.171. The number of anilines is 2. The van der Waals surface area contributed by atoms with Crippen molar-refractivity contribution in [2.45, 2.75) is 39.2 Å². The zero-order valence-electron chi connectivity index (χ0n) is 18.2. The zero-order valence-corrected chi connectivity index (χ0v) is 19.1. The van der Waals surface area contributed by atoms with E-state index in [0.717, 1.165) is 29.7 Å². The third-order valence-corrected chi connectivity index (χ3v) is 7.55. The number of aryl methyl sites for hydroxylation is 1. The number of piperazine rings is 1. The fourth-order valence-electron chi connectivity index (χ4n) is 4.47. The number of thiophene rings is 1. The second kappa shape index (κ2) is 8.99. The van der Waals surface area contributed by atoms with Crippen LogP contribution < -0.4 is 16.0 Å². The monoisotopic (exact) mass is 458 g/mol. The first-order chi connectivity index (χ1) is 15.3. The van der Waals surface area contributed by atoms with E-state index < -0.39 is 17.8 Å². The lowest BCUT2D eigenvalue weighted by molar-refractivity contribution is -0.120. The van der Waals surface area contributed by atoms with E-state index >= 15 is 0 Å². The molecule has 3 N–H and O–H groups in total. The summed E-state index contributed by atoms with van der Waals surface area (Å²) in [7, 11) is 0. The van der Waals surface area contributed by atoms with Gasteiger partial charge in [0.1, 0.15) is 10.8 Å². The molecular formula is C23H27FN4O3S. The lowest BCUT2D eigenvalue weighted by Gasteiger charge is -2.38. The van der Waals surface area contributed by atoms with Crippen molar-refractivity contribution in [3.05, 3.63) is 45.6 Å². The second-order valence-corrected chi connectivity index (χ2v) is 9.44. The number of nitrogens with one attached hydrogen (secondary N) is 1. The van der Waals surface area contributed by atoms with Gasteiger partial charge in [0.25, 0.3) is 5.91 Å². The minimum Gasteiger partial charge on any atom is -0.367 e. The highest BCUT2D eigenvalue weighted by Crippen LogP contribution is 2.39. The van der Waals surface area contributed by atoms with E-state index in [9.17, 15) is 18.8 Å². The van der Waals surface area contributed by atoms with Crippen molar-refractivity contribution in [3.63, 3.8) is 0 Å². The Bertz CT molecular complexity index is 1080. The average Bonchev–Trinajstić information content (AvgIpc) is 3.33. The molecule has 0 bridgehead atoms. The number of fused-ring (bicyclic) bond motifs is 1. The summed E-state index contributed by atoms with van der Waals surface area (Å²) in [4.78, 5) is 41.4. The van der Waals surface area contributed by atoms with Crippen LogP contribution in [0.3, 0.4) is 0 Å². The van der Waals surface area contributed by atoms with Crippen molar-refractivity contribution in [1.82, 2.24) is 4.90 Å². The van der Waals surface area contributed by atoms with Gasteiger partial charge in [-0.1, -0.05) is 0 Å². The van der Waals surface area contributed by atoms with Crippen molar-refractivity contribution in [3.8, 4) is 0 Å². The Balaban J connectivity index is 1.39. The number of halogens is 1. The van der Waals surface area contributed by atoms with Crippen molar-refractivity contribution in [2.24, 2.45) is 5.73 Å². The van der Waals surface area contributed by atoms with Gasteiger partial charge in [-0.15, -0.1) is 11.3 Å². The number of primary amides is 1. The fourth-order valence-corrected chi connectivity index (χ4v) is 5.77. The number of hydrogen-bond acceptors (Lipinski definition) is 6.